The van der Waals surface area contributed by atoms with Gasteiger partial charge < -0.3 is 197 Å². The Hall–Kier alpha value is -3.53. The highest BCUT2D eigenvalue weighted by atomic mass is 30.2. The molecule has 0 N–H and O–H groups in total. The van der Waals surface area contributed by atoms with Crippen molar-refractivity contribution in [3.05, 3.63) is 125 Å². The normalized spacial score (nSPS) is 11.8. The van der Waals surface area contributed by atoms with Gasteiger partial charge in [0.25, 0.3) is 0 Å². The average molecular weight is 2520 g/mol. The molecule has 0 aromatic heterocycles. The molecule has 1 saturated carbocycles. The van der Waals surface area contributed by atoms with Crippen LogP contribution in [0.1, 0.15) is 86.1 Å². The van der Waals surface area contributed by atoms with E-state index in [1.54, 1.807) is 80.9 Å². The molecule has 46 nitrogen and oxygen atoms in total. The number of para-hydroxylation sites is 1. The molecular formula is C47H64O46Si41. The summed E-state index contributed by atoms with van der Waals surface area (Å²) in [4.78, 5) is 24.2. The molecule has 0 saturated heterocycles. The Kier molecular flexibility index (Phi) is 50.5. The molecule has 1 fully saturated rings. The third kappa shape index (κ3) is 33.3. The molecule has 5 rings (SSSR count). The topological polar surface area (TPSA) is 738 Å². The monoisotopic (exact) mass is 2510 g/mol. The molecule has 87 heteroatoms. The first-order valence-electron chi connectivity index (χ1n) is 38.3. The Morgan fingerprint density at radius 3 is 0.963 bits per heavy atom. The number of ether oxygens (including phenoxy) is 4. The SMILES string of the molecule is COc1ccc(C2(c3ccc(OC(=O)CCCCOc4ccccc4CC[Si](C)(C)O[Si](=O)[Si](=O)[Si](=O)[Si](=O)[Si](=O)[Si](=O)[Si](=O)[Si](=O)[Si](=O)[Si](=O)[Si](=O)[Si](=O)[Si](=O)[Si](=O)[Si](=O)[Si](=O)[Si](=O)[Si](=O)[Si](=O)[Si](=O)[Si](=O)[Si](=O)[Si](=O)[Si](=O)[Si](=O)[Si](=O)[Si](=O)[Si](=O)[Si](=O)[Si](=O)[Si](=O)[Si](=O)[Si](=O)[Si](=O)[Si](=O)[Si](=O)[Si](=O)[Si](=O)[SiH2]O[Si](C)(C)CCc4ccccc4COC(C)=O)cc3)CCCCC2)cc1. The minimum absolute atomic E-state index is 0.0358. The molecule has 0 bridgehead atoms. The number of hydrogen-bond acceptors (Lipinski definition) is 46. The van der Waals surface area contributed by atoms with Crippen molar-refractivity contribution in [2.75, 3.05) is 13.7 Å². The van der Waals surface area contributed by atoms with Crippen LogP contribution in [0.2, 0.25) is 38.3 Å². The van der Waals surface area contributed by atoms with E-state index in [1.165, 1.54) is 25.6 Å². The van der Waals surface area contributed by atoms with Crippen molar-refractivity contribution in [1.29, 1.82) is 0 Å². The second-order valence-electron chi connectivity index (χ2n) is 29.3. The molecular weight excluding hydrogens is 2450 g/mol. The predicted octanol–water partition coefficient (Wildman–Crippen LogP) is -8.59. The van der Waals surface area contributed by atoms with Crippen molar-refractivity contribution in [2.45, 2.75) is 121 Å². The van der Waals surface area contributed by atoms with E-state index >= 15 is 0 Å². The second-order valence-corrected chi connectivity index (χ2v) is 225. The zero-order valence-electron chi connectivity index (χ0n) is 70.1. The van der Waals surface area contributed by atoms with E-state index in [-0.39, 0.29) is 37.5 Å². The second kappa shape index (κ2) is 55.9. The minimum atomic E-state index is -4.89. The molecule has 0 spiro atoms. The van der Waals surface area contributed by atoms with Crippen LogP contribution in [-0.4, -0.2) is 346 Å². The fraction of sp³-hybridized carbons (Fsp3) is 0.447. The van der Waals surface area contributed by atoms with Crippen molar-refractivity contribution in [3.63, 3.8) is 0 Å². The van der Waals surface area contributed by atoms with Gasteiger partial charge in [-0.05, 0) is 135 Å². The minimum Gasteiger partial charge on any atom is -0.578 e. The lowest BCUT2D eigenvalue weighted by Crippen LogP contribution is -2.58. The fourth-order valence-corrected chi connectivity index (χ4v) is 470. The Balaban J connectivity index is 1.05. The summed E-state index contributed by atoms with van der Waals surface area (Å²) in [6.07, 6.45) is 6.72. The number of aryl methyl sites for hydroxylation is 2. The lowest BCUT2D eigenvalue weighted by molar-refractivity contribution is -0.142. The van der Waals surface area contributed by atoms with Gasteiger partial charge >= 0.3 is 306 Å². The van der Waals surface area contributed by atoms with Gasteiger partial charge in [-0.15, -0.1) is 0 Å². The van der Waals surface area contributed by atoms with Gasteiger partial charge in [-0.25, -0.2) is 0 Å². The van der Waals surface area contributed by atoms with Gasteiger partial charge in [0, 0.05) is 18.8 Å². The number of benzene rings is 4. The van der Waals surface area contributed by atoms with Crippen molar-refractivity contribution >= 4 is 332 Å². The maximum atomic E-state index is 13.3. The molecule has 0 unspecified atom stereocenters. The van der Waals surface area contributed by atoms with Crippen molar-refractivity contribution in [2.24, 2.45) is 0 Å². The first-order chi connectivity index (χ1) is 62.5. The summed E-state index contributed by atoms with van der Waals surface area (Å²) in [5.41, 5.74) is 4.21. The molecule has 692 valence electrons. The fourth-order valence-electron chi connectivity index (χ4n) is 11.7. The maximum absolute atomic E-state index is 13.3. The Bertz CT molecular complexity index is 6170. The van der Waals surface area contributed by atoms with E-state index in [2.05, 4.69) is 12.1 Å². The molecule has 134 heavy (non-hydrogen) atoms. The number of rotatable bonds is 60. The van der Waals surface area contributed by atoms with Crippen LogP contribution < -0.4 is 14.2 Å². The highest BCUT2D eigenvalue weighted by Crippen LogP contribution is 2.46. The third-order valence-electron chi connectivity index (χ3n) is 19.2. The predicted molar refractivity (Wildman–Crippen MR) is 484 cm³/mol. The van der Waals surface area contributed by atoms with E-state index in [0.717, 1.165) is 49.0 Å². The summed E-state index contributed by atoms with van der Waals surface area (Å²) in [5, 5.41) is 0. The molecule has 4 aromatic carbocycles. The molecule has 0 amide bonds. The molecule has 0 radical (unpaired) electrons. The van der Waals surface area contributed by atoms with Crippen LogP contribution in [0, 0.1) is 0 Å². The summed E-state index contributed by atoms with van der Waals surface area (Å²) >= 11 is 0. The van der Waals surface area contributed by atoms with E-state index in [0.29, 0.717) is 47.9 Å². The number of esters is 2. The highest BCUT2D eigenvalue weighted by Gasteiger charge is 2.61. The van der Waals surface area contributed by atoms with Crippen molar-refractivity contribution in [3.8, 4) is 17.2 Å². The summed E-state index contributed by atoms with van der Waals surface area (Å²) in [5.74, 6) is 0.609. The third-order valence-corrected chi connectivity index (χ3v) is 327. The van der Waals surface area contributed by atoms with Crippen molar-refractivity contribution in [1.82, 2.24) is 0 Å². The summed E-state index contributed by atoms with van der Waals surface area (Å²) in [6.45, 7) is 7.80. The van der Waals surface area contributed by atoms with Gasteiger partial charge in [-0.1, -0.05) is 86.0 Å². The average Bonchev–Trinajstić information content (AvgIpc) is 0.766. The van der Waals surface area contributed by atoms with Crippen LogP contribution in [0.15, 0.2) is 97.1 Å². The lowest BCUT2D eigenvalue weighted by atomic mass is 9.65. The quantitative estimate of drug-likeness (QED) is 0.0171. The lowest BCUT2D eigenvalue weighted by Gasteiger charge is -2.38. The Morgan fingerprint density at radius 2 is 0.627 bits per heavy atom. The van der Waals surface area contributed by atoms with Gasteiger partial charge in [-0.2, -0.15) is 0 Å². The summed E-state index contributed by atoms with van der Waals surface area (Å²) < 4.78 is 531. The molecule has 0 aliphatic heterocycles. The first kappa shape index (κ1) is 121. The summed E-state index contributed by atoms with van der Waals surface area (Å²) in [6, 6.07) is 29.8. The van der Waals surface area contributed by atoms with Crippen LogP contribution in [0.3, 0.4) is 0 Å². The van der Waals surface area contributed by atoms with Gasteiger partial charge in [0.05, 0.1) is 13.7 Å². The number of hydrogen-bond donors (Lipinski definition) is 0. The van der Waals surface area contributed by atoms with E-state index < -0.39 is 332 Å². The van der Waals surface area contributed by atoms with Crippen molar-refractivity contribution < 1.29 is 206 Å². The van der Waals surface area contributed by atoms with Crippen LogP contribution in [0.4, 0.5) is 0 Å². The van der Waals surface area contributed by atoms with Gasteiger partial charge in [0.15, 0.2) is 8.32 Å². The zero-order valence-corrected chi connectivity index (χ0v) is 112. The van der Waals surface area contributed by atoms with Gasteiger partial charge in [0.2, 0.25) is 17.6 Å². The summed E-state index contributed by atoms with van der Waals surface area (Å²) in [7, 11) is -183. The van der Waals surface area contributed by atoms with Crippen LogP contribution in [-0.2, 0) is 217 Å². The van der Waals surface area contributed by atoms with Crippen LogP contribution >= 0.6 is 0 Å². The molecule has 1 aliphatic rings. The molecule has 0 atom stereocenters. The smallest absolute Gasteiger partial charge is 0.532 e. The van der Waals surface area contributed by atoms with Crippen LogP contribution in [0.5, 0.6) is 17.2 Å². The number of carbonyl (C=O) groups is 2. The molecule has 1 aliphatic carbocycles. The van der Waals surface area contributed by atoms with E-state index in [4.69, 9.17) is 27.2 Å². The maximum Gasteiger partial charge on any atom is 0.532 e. The Labute approximate surface area is 807 Å². The number of methoxy groups -OCH3 is 1. The largest absolute Gasteiger partial charge is 0.578 e. The first-order valence-corrected chi connectivity index (χ1v) is 138. The number of unbranched alkanes of at least 4 members (excludes halogenated alkanes) is 1. The Morgan fingerprint density at radius 1 is 0.336 bits per heavy atom. The van der Waals surface area contributed by atoms with E-state index in [9.17, 15) is 179 Å². The number of carbonyl (C=O) groups excluding carboxylic acids is 2. The van der Waals surface area contributed by atoms with Gasteiger partial charge in [-0.3, -0.25) is 9.59 Å². The highest BCUT2D eigenvalue weighted by molar-refractivity contribution is 7.86. The van der Waals surface area contributed by atoms with E-state index in [1.807, 2.05) is 24.3 Å². The molecule has 0 heterocycles. The zero-order chi connectivity index (χ0) is 101. The van der Waals surface area contributed by atoms with Gasteiger partial charge in [0.1, 0.15) is 23.9 Å². The molecule has 4 aromatic rings. The van der Waals surface area contributed by atoms with Crippen LogP contribution in [0.25, 0.3) is 0 Å². The standard InChI is InChI=1S/C47H64O46Si41/c1-37(48)90-36-40-18-9-8-16-38(40)29-34-133(3,4)92-94-96(51)98(53)100(55)102(57)104(59)106(61)108(63)110(65)112(67)114(69)116(71)118(73)120(75)122(77)124(79)126(81)128(83)130(85)132(87)131(86)129(84)127(82)125(80)123(78)121(76)119(74)117(72)115(70)113(68)111(66)109(64)107(62)105(60)103(58)101(56)99(54)97(52)95(50)93-134(5,6)35-30-39-17-10-11-19-45(39)89-33-15-12-20-46(49)91-44-27-23-42(24-28-44)47(31-13-7-14-32-47)41-21-25-43(88-2)26-22-41/h8-11,16-19,21-28H,7,12-15,20,29-36,94H2,1-6H3.